The lowest BCUT2D eigenvalue weighted by atomic mass is 10.0. The number of nitrogens with one attached hydrogen (secondary N) is 3. The van der Waals surface area contributed by atoms with Crippen LogP contribution in [0.15, 0.2) is 33.9 Å². The monoisotopic (exact) mass is 436 g/mol. The molecular formula is C19H24N4O6S. The van der Waals surface area contributed by atoms with Crippen LogP contribution in [0.2, 0.25) is 0 Å². The largest absolute Gasteiger partial charge is 0.480 e. The van der Waals surface area contributed by atoms with Crippen molar-refractivity contribution < 1.29 is 27.5 Å². The van der Waals surface area contributed by atoms with Gasteiger partial charge in [-0.25, -0.2) is 13.1 Å². The van der Waals surface area contributed by atoms with Crippen molar-refractivity contribution in [1.29, 1.82) is 0 Å². The van der Waals surface area contributed by atoms with E-state index in [1.54, 1.807) is 6.07 Å². The van der Waals surface area contributed by atoms with Crippen molar-refractivity contribution in [2.45, 2.75) is 31.7 Å². The molecule has 11 heteroatoms. The van der Waals surface area contributed by atoms with Gasteiger partial charge in [0.15, 0.2) is 5.96 Å². The van der Waals surface area contributed by atoms with Crippen LogP contribution in [-0.4, -0.2) is 56.7 Å². The number of aryl methyl sites for hydroxylation is 1. The second-order valence-electron chi connectivity index (χ2n) is 7.12. The molecule has 2 heterocycles. The minimum absolute atomic E-state index is 0.122. The number of benzene rings is 1. The van der Waals surface area contributed by atoms with Gasteiger partial charge in [-0.3, -0.25) is 19.9 Å². The molecule has 0 aliphatic carbocycles. The fraction of sp³-hybridized carbons (Fsp3) is 0.421. The molecule has 1 aromatic heterocycles. The number of carboxylic acid groups (broad SMARTS) is 1. The van der Waals surface area contributed by atoms with E-state index in [4.69, 9.17) is 4.42 Å². The molecule has 0 saturated heterocycles. The van der Waals surface area contributed by atoms with Gasteiger partial charge in [0.2, 0.25) is 15.9 Å². The number of aliphatic carboxylic acids is 1. The number of aliphatic imine (C=N–C) groups is 1. The number of carbonyl (C=O) groups excluding carboxylic acids is 1. The first kappa shape index (κ1) is 21.8. The fourth-order valence-corrected chi connectivity index (χ4v) is 3.87. The predicted molar refractivity (Wildman–Crippen MR) is 111 cm³/mol. The normalized spacial score (nSPS) is 15.3. The van der Waals surface area contributed by atoms with Crippen LogP contribution in [0.4, 0.5) is 0 Å². The molecule has 3 rings (SSSR count). The average Bonchev–Trinajstić information content (AvgIpc) is 3.07. The van der Waals surface area contributed by atoms with Gasteiger partial charge in [0.1, 0.15) is 11.8 Å². The van der Waals surface area contributed by atoms with Gasteiger partial charge in [0, 0.05) is 36.7 Å². The molecule has 0 saturated carbocycles. The maximum Gasteiger partial charge on any atom is 0.322 e. The Labute approximate surface area is 173 Å². The first-order valence-corrected chi connectivity index (χ1v) is 11.4. The third-order valence-electron chi connectivity index (χ3n) is 4.58. The van der Waals surface area contributed by atoms with Crippen molar-refractivity contribution in [3.63, 3.8) is 0 Å². The summed E-state index contributed by atoms with van der Waals surface area (Å²) in [7, 11) is -3.68. The van der Waals surface area contributed by atoms with Crippen molar-refractivity contribution >= 4 is 38.6 Å². The maximum absolute atomic E-state index is 12.1. The molecule has 1 unspecified atom stereocenters. The zero-order valence-corrected chi connectivity index (χ0v) is 17.3. The Morgan fingerprint density at radius 3 is 2.83 bits per heavy atom. The summed E-state index contributed by atoms with van der Waals surface area (Å²) in [6.07, 6.45) is 4.03. The molecule has 2 aromatic rings. The molecule has 30 heavy (non-hydrogen) atoms. The molecule has 162 valence electrons. The summed E-state index contributed by atoms with van der Waals surface area (Å²) in [5, 5.41) is 16.5. The molecule has 1 aliphatic heterocycles. The number of guanidine groups is 1. The predicted octanol–water partition coefficient (Wildman–Crippen LogP) is 0.376. The van der Waals surface area contributed by atoms with Gasteiger partial charge in [0.25, 0.3) is 0 Å². The van der Waals surface area contributed by atoms with E-state index in [2.05, 4.69) is 20.3 Å². The Balaban J connectivity index is 1.64. The van der Waals surface area contributed by atoms with Crippen LogP contribution in [0.3, 0.4) is 0 Å². The number of amides is 1. The SMILES string of the molecule is CS(=O)(=O)NC(Cc1occ2cc(CCC(=O)NC3=NCCCN3)ccc12)C(=O)O. The van der Waals surface area contributed by atoms with Gasteiger partial charge in [-0.05, 0) is 24.5 Å². The number of furan rings is 1. The average molecular weight is 436 g/mol. The van der Waals surface area contributed by atoms with Crippen molar-refractivity contribution in [2.75, 3.05) is 19.3 Å². The lowest BCUT2D eigenvalue weighted by molar-refractivity contribution is -0.139. The molecule has 10 nitrogen and oxygen atoms in total. The number of rotatable bonds is 8. The van der Waals surface area contributed by atoms with E-state index in [0.29, 0.717) is 30.1 Å². The molecule has 1 aliphatic rings. The molecule has 1 atom stereocenters. The van der Waals surface area contributed by atoms with E-state index in [1.165, 1.54) is 6.26 Å². The van der Waals surface area contributed by atoms with Crippen molar-refractivity contribution in [2.24, 2.45) is 4.99 Å². The van der Waals surface area contributed by atoms with Crippen molar-refractivity contribution in [3.05, 3.63) is 35.8 Å². The Morgan fingerprint density at radius 2 is 2.17 bits per heavy atom. The third kappa shape index (κ3) is 6.04. The van der Waals surface area contributed by atoms with Gasteiger partial charge in [-0.1, -0.05) is 12.1 Å². The highest BCUT2D eigenvalue weighted by atomic mass is 32.2. The highest BCUT2D eigenvalue weighted by molar-refractivity contribution is 7.88. The molecule has 1 amide bonds. The van der Waals surface area contributed by atoms with Gasteiger partial charge in [-0.15, -0.1) is 0 Å². The summed E-state index contributed by atoms with van der Waals surface area (Å²) in [6, 6.07) is 4.17. The first-order chi connectivity index (χ1) is 14.2. The van der Waals surface area contributed by atoms with E-state index >= 15 is 0 Å². The summed E-state index contributed by atoms with van der Waals surface area (Å²) in [5.74, 6) is -0.534. The fourth-order valence-electron chi connectivity index (χ4n) is 3.17. The van der Waals surface area contributed by atoms with Gasteiger partial charge in [0.05, 0.1) is 12.5 Å². The van der Waals surface area contributed by atoms with E-state index in [-0.39, 0.29) is 18.7 Å². The Bertz CT molecular complexity index is 1080. The number of sulfonamides is 1. The van der Waals surface area contributed by atoms with Crippen LogP contribution in [-0.2, 0) is 32.5 Å². The van der Waals surface area contributed by atoms with E-state index in [1.807, 2.05) is 12.1 Å². The van der Waals surface area contributed by atoms with Crippen molar-refractivity contribution in [1.82, 2.24) is 15.4 Å². The minimum atomic E-state index is -3.68. The highest BCUT2D eigenvalue weighted by Gasteiger charge is 2.24. The van der Waals surface area contributed by atoms with Gasteiger partial charge < -0.3 is 14.8 Å². The molecule has 0 radical (unpaired) electrons. The second kappa shape index (κ2) is 9.26. The van der Waals surface area contributed by atoms with E-state index < -0.39 is 22.0 Å². The molecule has 1 aromatic carbocycles. The summed E-state index contributed by atoms with van der Waals surface area (Å²) in [6.45, 7) is 1.49. The summed E-state index contributed by atoms with van der Waals surface area (Å²) in [4.78, 5) is 27.7. The first-order valence-electron chi connectivity index (χ1n) is 9.48. The van der Waals surface area contributed by atoms with Crippen LogP contribution in [0.5, 0.6) is 0 Å². The van der Waals surface area contributed by atoms with Gasteiger partial charge in [-0.2, -0.15) is 0 Å². The maximum atomic E-state index is 12.1. The summed E-state index contributed by atoms with van der Waals surface area (Å²) < 4.78 is 30.4. The number of hydrogen-bond donors (Lipinski definition) is 4. The second-order valence-corrected chi connectivity index (χ2v) is 8.90. The third-order valence-corrected chi connectivity index (χ3v) is 5.30. The minimum Gasteiger partial charge on any atom is -0.480 e. The Morgan fingerprint density at radius 1 is 1.37 bits per heavy atom. The van der Waals surface area contributed by atoms with Crippen LogP contribution in [0.1, 0.15) is 24.2 Å². The van der Waals surface area contributed by atoms with Crippen molar-refractivity contribution in [3.8, 4) is 0 Å². The smallest absolute Gasteiger partial charge is 0.322 e. The lowest BCUT2D eigenvalue weighted by Gasteiger charge is -2.15. The molecule has 4 N–H and O–H groups in total. The zero-order valence-electron chi connectivity index (χ0n) is 16.5. The number of fused-ring (bicyclic) bond motifs is 1. The van der Waals surface area contributed by atoms with Crippen LogP contribution < -0.4 is 15.4 Å². The van der Waals surface area contributed by atoms with Crippen LogP contribution in [0.25, 0.3) is 10.8 Å². The number of carboxylic acids is 1. The summed E-state index contributed by atoms with van der Waals surface area (Å²) in [5.41, 5.74) is 0.924. The van der Waals surface area contributed by atoms with E-state index in [0.717, 1.165) is 30.2 Å². The zero-order chi connectivity index (χ0) is 21.7. The summed E-state index contributed by atoms with van der Waals surface area (Å²) >= 11 is 0. The quantitative estimate of drug-likeness (QED) is 0.467. The topological polar surface area (TPSA) is 150 Å². The lowest BCUT2D eigenvalue weighted by Crippen LogP contribution is -2.43. The number of hydrogen-bond acceptors (Lipinski definition) is 7. The van der Waals surface area contributed by atoms with Crippen LogP contribution in [0, 0.1) is 0 Å². The standard InChI is InChI=1S/C19H24N4O6S/c1-30(27,28)23-15(18(25)26)10-16-14-5-3-12(9-13(14)11-29-16)4-6-17(24)22-19-20-7-2-8-21-19/h3,5,9,11,15,23H,2,4,6-8,10H2,1H3,(H,25,26)(H2,20,21,22,24). The van der Waals surface area contributed by atoms with Crippen LogP contribution >= 0.6 is 0 Å². The van der Waals surface area contributed by atoms with Gasteiger partial charge >= 0.3 is 5.97 Å². The number of nitrogens with zero attached hydrogens (tertiary/aromatic N) is 1. The molecule has 0 fully saturated rings. The Hall–Kier alpha value is -2.92. The van der Waals surface area contributed by atoms with E-state index in [9.17, 15) is 23.1 Å². The molecule has 0 spiro atoms. The Kier molecular flexibility index (Phi) is 6.73. The molecular weight excluding hydrogens is 412 g/mol. The highest BCUT2D eigenvalue weighted by Crippen LogP contribution is 2.24. The molecule has 0 bridgehead atoms. The number of carbonyl (C=O) groups is 2.